The Balaban J connectivity index is 2.70. The van der Waals surface area contributed by atoms with Gasteiger partial charge in [0.1, 0.15) is 5.82 Å². The third-order valence-corrected chi connectivity index (χ3v) is 3.22. The van der Waals surface area contributed by atoms with Crippen LogP contribution in [0.2, 0.25) is 0 Å². The van der Waals surface area contributed by atoms with Crippen molar-refractivity contribution in [2.45, 2.75) is 0 Å². The minimum Gasteiger partial charge on any atom is -0.504 e. The van der Waals surface area contributed by atoms with E-state index >= 15 is 0 Å². The first kappa shape index (κ1) is 11.8. The molecule has 5 nitrogen and oxygen atoms in total. The molecule has 0 saturated heterocycles. The van der Waals surface area contributed by atoms with E-state index < -0.39 is 0 Å². The Bertz CT molecular complexity index is 566. The van der Waals surface area contributed by atoms with Gasteiger partial charge in [-0.3, -0.25) is 4.68 Å². The van der Waals surface area contributed by atoms with Crippen LogP contribution in [0.5, 0.6) is 11.5 Å². The van der Waals surface area contributed by atoms with Gasteiger partial charge < -0.3 is 15.6 Å². The third-order valence-electron chi connectivity index (χ3n) is 2.56. The van der Waals surface area contributed by atoms with Gasteiger partial charge in [-0.15, -0.1) is 0 Å². The van der Waals surface area contributed by atoms with Crippen molar-refractivity contribution >= 4 is 21.7 Å². The Labute approximate surface area is 107 Å². The summed E-state index contributed by atoms with van der Waals surface area (Å²) < 4.78 is 7.34. The molecule has 0 bridgehead atoms. The van der Waals surface area contributed by atoms with Gasteiger partial charge in [0.25, 0.3) is 0 Å². The quantitative estimate of drug-likeness (QED) is 0.891. The van der Waals surface area contributed by atoms with Crippen LogP contribution in [0, 0.1) is 0 Å². The number of ether oxygens (including phenoxy) is 1. The smallest absolute Gasteiger partial charge is 0.167 e. The van der Waals surface area contributed by atoms with Gasteiger partial charge >= 0.3 is 0 Å². The van der Waals surface area contributed by atoms with Crippen LogP contribution < -0.4 is 10.5 Å². The number of methoxy groups -OCH3 is 1. The molecule has 0 aliphatic carbocycles. The number of hydrogen-bond acceptors (Lipinski definition) is 4. The number of anilines is 1. The molecule has 1 aromatic heterocycles. The Hall–Kier alpha value is -1.69. The number of nitrogen functional groups attached to an aromatic ring is 1. The van der Waals surface area contributed by atoms with Crippen LogP contribution in [0.1, 0.15) is 0 Å². The number of aryl methyl sites for hydroxylation is 1. The zero-order chi connectivity index (χ0) is 12.6. The van der Waals surface area contributed by atoms with Gasteiger partial charge in [-0.05, 0) is 12.1 Å². The van der Waals surface area contributed by atoms with Crippen LogP contribution in [0.25, 0.3) is 11.1 Å². The molecule has 0 unspecified atom stereocenters. The lowest BCUT2D eigenvalue weighted by atomic mass is 10.1. The number of phenols is 1. The van der Waals surface area contributed by atoms with Crippen LogP contribution in [0.4, 0.5) is 5.82 Å². The number of hydrogen-bond donors (Lipinski definition) is 2. The number of rotatable bonds is 2. The molecule has 1 heterocycles. The summed E-state index contributed by atoms with van der Waals surface area (Å²) in [6.07, 6.45) is 1.61. The Morgan fingerprint density at radius 3 is 2.71 bits per heavy atom. The largest absolute Gasteiger partial charge is 0.504 e. The number of nitrogens with zero attached hydrogens (tertiary/aromatic N) is 2. The highest BCUT2D eigenvalue weighted by Crippen LogP contribution is 2.43. The van der Waals surface area contributed by atoms with Crippen molar-refractivity contribution in [3.63, 3.8) is 0 Å². The van der Waals surface area contributed by atoms with E-state index in [-0.39, 0.29) is 5.75 Å². The summed E-state index contributed by atoms with van der Waals surface area (Å²) in [6, 6.07) is 3.47. The van der Waals surface area contributed by atoms with Crippen LogP contribution in [0.3, 0.4) is 0 Å². The molecule has 0 amide bonds. The molecule has 6 heteroatoms. The lowest BCUT2D eigenvalue weighted by Gasteiger charge is -2.10. The molecule has 0 saturated carbocycles. The van der Waals surface area contributed by atoms with E-state index in [4.69, 9.17) is 10.5 Å². The van der Waals surface area contributed by atoms with Crippen molar-refractivity contribution in [1.29, 1.82) is 0 Å². The molecule has 0 aliphatic rings. The second kappa shape index (κ2) is 4.29. The van der Waals surface area contributed by atoms with Crippen molar-refractivity contribution in [3.8, 4) is 22.6 Å². The van der Waals surface area contributed by atoms with E-state index in [0.29, 0.717) is 22.7 Å². The average Bonchev–Trinajstić information content (AvgIpc) is 2.62. The van der Waals surface area contributed by atoms with Gasteiger partial charge in [-0.25, -0.2) is 0 Å². The zero-order valence-electron chi connectivity index (χ0n) is 9.44. The molecule has 0 radical (unpaired) electrons. The van der Waals surface area contributed by atoms with Gasteiger partial charge in [-0.2, -0.15) is 5.10 Å². The molecule has 0 spiro atoms. The highest BCUT2D eigenvalue weighted by Gasteiger charge is 2.18. The molecule has 0 fully saturated rings. The van der Waals surface area contributed by atoms with Gasteiger partial charge in [0.05, 0.1) is 13.3 Å². The SMILES string of the molecule is COc1ccc(Br)c(-c2cnn(C)c2N)c1O. The molecule has 90 valence electrons. The van der Waals surface area contributed by atoms with Gasteiger partial charge in [0.15, 0.2) is 11.5 Å². The summed E-state index contributed by atoms with van der Waals surface area (Å²) in [5.74, 6) is 0.919. The molecule has 0 atom stereocenters. The molecular formula is C11H12BrN3O2. The molecule has 0 aliphatic heterocycles. The molecule has 2 rings (SSSR count). The van der Waals surface area contributed by atoms with E-state index in [9.17, 15) is 5.11 Å². The fourth-order valence-electron chi connectivity index (χ4n) is 1.61. The summed E-state index contributed by atoms with van der Waals surface area (Å²) >= 11 is 3.38. The lowest BCUT2D eigenvalue weighted by Crippen LogP contribution is -1.98. The summed E-state index contributed by atoms with van der Waals surface area (Å²) in [5.41, 5.74) is 7.13. The van der Waals surface area contributed by atoms with Crippen LogP contribution in [0.15, 0.2) is 22.8 Å². The zero-order valence-corrected chi connectivity index (χ0v) is 11.0. The third kappa shape index (κ3) is 1.84. The van der Waals surface area contributed by atoms with Crippen LogP contribution >= 0.6 is 15.9 Å². The van der Waals surface area contributed by atoms with Gasteiger partial charge in [0, 0.05) is 22.6 Å². The van der Waals surface area contributed by atoms with Crippen molar-refractivity contribution in [1.82, 2.24) is 9.78 Å². The number of benzene rings is 1. The molecule has 17 heavy (non-hydrogen) atoms. The van der Waals surface area contributed by atoms with E-state index in [2.05, 4.69) is 21.0 Å². The lowest BCUT2D eigenvalue weighted by molar-refractivity contribution is 0.374. The molecule has 1 aromatic carbocycles. The second-order valence-electron chi connectivity index (χ2n) is 3.54. The highest BCUT2D eigenvalue weighted by molar-refractivity contribution is 9.10. The van der Waals surface area contributed by atoms with Gasteiger partial charge in [0.2, 0.25) is 0 Å². The van der Waals surface area contributed by atoms with E-state index in [1.807, 2.05) is 0 Å². The number of phenolic OH excluding ortho intramolecular Hbond substituents is 1. The van der Waals surface area contributed by atoms with Gasteiger partial charge in [-0.1, -0.05) is 15.9 Å². The maximum Gasteiger partial charge on any atom is 0.167 e. The second-order valence-corrected chi connectivity index (χ2v) is 4.39. The van der Waals surface area contributed by atoms with E-state index in [1.54, 1.807) is 30.1 Å². The fourth-order valence-corrected chi connectivity index (χ4v) is 2.14. The summed E-state index contributed by atoms with van der Waals surface area (Å²) in [4.78, 5) is 0. The predicted molar refractivity (Wildman–Crippen MR) is 69.0 cm³/mol. The minimum atomic E-state index is 0.0431. The van der Waals surface area contributed by atoms with Crippen LogP contribution in [-0.2, 0) is 7.05 Å². The summed E-state index contributed by atoms with van der Waals surface area (Å²) in [5, 5.41) is 14.2. The first-order chi connectivity index (χ1) is 8.06. The monoisotopic (exact) mass is 297 g/mol. The minimum absolute atomic E-state index is 0.0431. The predicted octanol–water partition coefficient (Wildman–Crippen LogP) is 2.15. The Morgan fingerprint density at radius 2 is 2.18 bits per heavy atom. The number of aromatic nitrogens is 2. The molecule has 3 N–H and O–H groups in total. The Morgan fingerprint density at radius 1 is 1.47 bits per heavy atom. The normalized spacial score (nSPS) is 10.5. The first-order valence-corrected chi connectivity index (χ1v) is 5.69. The van der Waals surface area contributed by atoms with Crippen molar-refractivity contribution in [3.05, 3.63) is 22.8 Å². The topological polar surface area (TPSA) is 73.3 Å². The number of halogens is 1. The van der Waals surface area contributed by atoms with E-state index in [1.165, 1.54) is 7.11 Å². The molecular weight excluding hydrogens is 286 g/mol. The number of aromatic hydroxyl groups is 1. The maximum absolute atomic E-state index is 10.1. The Kier molecular flexibility index (Phi) is 2.97. The summed E-state index contributed by atoms with van der Waals surface area (Å²) in [7, 11) is 3.24. The van der Waals surface area contributed by atoms with Crippen LogP contribution in [-0.4, -0.2) is 22.0 Å². The highest BCUT2D eigenvalue weighted by atomic mass is 79.9. The fraction of sp³-hybridized carbons (Fsp3) is 0.182. The number of nitrogens with two attached hydrogens (primary N) is 1. The molecule has 2 aromatic rings. The maximum atomic E-state index is 10.1. The standard InChI is InChI=1S/C11H12BrN3O2/c1-15-11(13)6(5-14-15)9-7(12)3-4-8(17-2)10(9)16/h3-5,16H,13H2,1-2H3. The van der Waals surface area contributed by atoms with Crippen molar-refractivity contribution in [2.24, 2.45) is 7.05 Å². The van der Waals surface area contributed by atoms with E-state index in [0.717, 1.165) is 4.47 Å². The average molecular weight is 298 g/mol. The van der Waals surface area contributed by atoms with Crippen molar-refractivity contribution < 1.29 is 9.84 Å². The van der Waals surface area contributed by atoms with Crippen molar-refractivity contribution in [2.75, 3.05) is 12.8 Å². The summed E-state index contributed by atoms with van der Waals surface area (Å²) in [6.45, 7) is 0. The first-order valence-electron chi connectivity index (χ1n) is 4.89.